The summed E-state index contributed by atoms with van der Waals surface area (Å²) < 4.78 is 0. The zero-order valence-corrected chi connectivity index (χ0v) is 8.31. The molecule has 1 aliphatic carbocycles. The summed E-state index contributed by atoms with van der Waals surface area (Å²) in [5, 5.41) is 10.7. The predicted molar refractivity (Wildman–Crippen MR) is 53.1 cm³/mol. The molecule has 2 unspecified atom stereocenters. The van der Waals surface area contributed by atoms with Crippen LogP contribution in [0, 0.1) is 0 Å². The number of rotatable bonds is 0. The van der Waals surface area contributed by atoms with Crippen molar-refractivity contribution in [2.45, 2.75) is 18.6 Å². The SMILES string of the molecule is NC1c2cc(Cl)cc(Cl)c2CC1O. The molecule has 2 atom stereocenters. The van der Waals surface area contributed by atoms with Gasteiger partial charge in [-0.2, -0.15) is 0 Å². The molecule has 0 bridgehead atoms. The molecule has 0 spiro atoms. The van der Waals surface area contributed by atoms with Gasteiger partial charge in [-0.15, -0.1) is 0 Å². The Morgan fingerprint density at radius 3 is 2.77 bits per heavy atom. The van der Waals surface area contributed by atoms with E-state index in [0.717, 1.165) is 11.1 Å². The van der Waals surface area contributed by atoms with E-state index in [1.54, 1.807) is 12.1 Å². The number of aliphatic hydroxyl groups is 1. The van der Waals surface area contributed by atoms with Crippen molar-refractivity contribution in [1.29, 1.82) is 0 Å². The molecule has 0 heterocycles. The van der Waals surface area contributed by atoms with Crippen molar-refractivity contribution in [2.75, 3.05) is 0 Å². The van der Waals surface area contributed by atoms with E-state index in [2.05, 4.69) is 0 Å². The first-order valence-electron chi connectivity index (χ1n) is 4.01. The largest absolute Gasteiger partial charge is 0.391 e. The molecule has 0 amide bonds. The highest BCUT2D eigenvalue weighted by Gasteiger charge is 2.29. The zero-order chi connectivity index (χ0) is 9.59. The lowest BCUT2D eigenvalue weighted by Crippen LogP contribution is -2.21. The summed E-state index contributed by atoms with van der Waals surface area (Å²) in [5.41, 5.74) is 7.55. The van der Waals surface area contributed by atoms with Crippen LogP contribution in [0.2, 0.25) is 10.0 Å². The fourth-order valence-corrected chi connectivity index (χ4v) is 2.27. The maximum absolute atomic E-state index is 9.51. The summed E-state index contributed by atoms with van der Waals surface area (Å²) in [4.78, 5) is 0. The minimum Gasteiger partial charge on any atom is -0.391 e. The van der Waals surface area contributed by atoms with Gasteiger partial charge in [0.25, 0.3) is 0 Å². The van der Waals surface area contributed by atoms with Gasteiger partial charge in [0.15, 0.2) is 0 Å². The van der Waals surface area contributed by atoms with Gasteiger partial charge < -0.3 is 10.8 Å². The highest BCUT2D eigenvalue weighted by molar-refractivity contribution is 6.35. The van der Waals surface area contributed by atoms with Gasteiger partial charge in [0.2, 0.25) is 0 Å². The Morgan fingerprint density at radius 2 is 2.08 bits per heavy atom. The quantitative estimate of drug-likeness (QED) is 0.698. The number of benzene rings is 1. The second-order valence-corrected chi connectivity index (χ2v) is 4.10. The van der Waals surface area contributed by atoms with Crippen LogP contribution in [0.3, 0.4) is 0 Å². The first-order chi connectivity index (χ1) is 6.09. The average molecular weight is 218 g/mol. The number of nitrogens with two attached hydrogens (primary N) is 1. The number of hydrogen-bond donors (Lipinski definition) is 2. The molecule has 0 aromatic heterocycles. The van der Waals surface area contributed by atoms with Crippen LogP contribution in [0.5, 0.6) is 0 Å². The van der Waals surface area contributed by atoms with E-state index in [0.29, 0.717) is 16.5 Å². The second kappa shape index (κ2) is 3.14. The first-order valence-corrected chi connectivity index (χ1v) is 4.76. The molecule has 0 saturated carbocycles. The number of aliphatic hydroxyl groups excluding tert-OH is 1. The molecule has 0 saturated heterocycles. The van der Waals surface area contributed by atoms with Gasteiger partial charge in [0.05, 0.1) is 12.1 Å². The lowest BCUT2D eigenvalue weighted by Gasteiger charge is -2.08. The topological polar surface area (TPSA) is 46.2 Å². The van der Waals surface area contributed by atoms with Crippen LogP contribution < -0.4 is 5.73 Å². The molecule has 4 heteroatoms. The summed E-state index contributed by atoms with van der Waals surface area (Å²) in [6, 6.07) is 3.09. The van der Waals surface area contributed by atoms with Gasteiger partial charge in [-0.3, -0.25) is 0 Å². The Bertz CT molecular complexity index is 354. The Hall–Kier alpha value is -0.280. The normalized spacial score (nSPS) is 26.2. The maximum atomic E-state index is 9.51. The van der Waals surface area contributed by atoms with E-state index in [1.807, 2.05) is 0 Å². The van der Waals surface area contributed by atoms with Crippen LogP contribution in [0.15, 0.2) is 12.1 Å². The summed E-state index contributed by atoms with van der Waals surface area (Å²) in [7, 11) is 0. The van der Waals surface area contributed by atoms with Crippen molar-refractivity contribution in [3.05, 3.63) is 33.3 Å². The van der Waals surface area contributed by atoms with Crippen molar-refractivity contribution < 1.29 is 5.11 Å². The van der Waals surface area contributed by atoms with E-state index in [9.17, 15) is 5.11 Å². The third-order valence-electron chi connectivity index (χ3n) is 2.38. The summed E-state index contributed by atoms with van der Waals surface area (Å²) in [6.07, 6.45) is -0.0158. The molecule has 13 heavy (non-hydrogen) atoms. The van der Waals surface area contributed by atoms with E-state index >= 15 is 0 Å². The Kier molecular flexibility index (Phi) is 2.24. The van der Waals surface area contributed by atoms with E-state index in [-0.39, 0.29) is 6.04 Å². The lowest BCUT2D eigenvalue weighted by atomic mass is 10.1. The fraction of sp³-hybridized carbons (Fsp3) is 0.333. The molecule has 3 N–H and O–H groups in total. The van der Waals surface area contributed by atoms with Crippen LogP contribution in [-0.4, -0.2) is 11.2 Å². The summed E-state index contributed by atoms with van der Waals surface area (Å²) in [6.45, 7) is 0. The molecule has 2 rings (SSSR count). The number of fused-ring (bicyclic) bond motifs is 1. The Labute approximate surface area is 86.3 Å². The monoisotopic (exact) mass is 217 g/mol. The van der Waals surface area contributed by atoms with Crippen LogP contribution in [0.4, 0.5) is 0 Å². The van der Waals surface area contributed by atoms with Crippen molar-refractivity contribution >= 4 is 23.2 Å². The molecule has 1 aromatic carbocycles. The highest BCUT2D eigenvalue weighted by atomic mass is 35.5. The smallest absolute Gasteiger partial charge is 0.0773 e. The molecule has 0 radical (unpaired) electrons. The van der Waals surface area contributed by atoms with Crippen LogP contribution in [-0.2, 0) is 6.42 Å². The molecule has 0 aliphatic heterocycles. The van der Waals surface area contributed by atoms with Crippen LogP contribution >= 0.6 is 23.2 Å². The zero-order valence-electron chi connectivity index (χ0n) is 6.80. The van der Waals surface area contributed by atoms with Crippen molar-refractivity contribution in [1.82, 2.24) is 0 Å². The average Bonchev–Trinajstić information content (AvgIpc) is 2.32. The standard InChI is InChI=1S/C9H9Cl2NO/c10-4-1-6-5(7(11)2-4)3-8(13)9(6)12/h1-2,8-9,13H,3,12H2. The van der Waals surface area contributed by atoms with Crippen molar-refractivity contribution in [2.24, 2.45) is 5.73 Å². The molecule has 70 valence electrons. The summed E-state index contributed by atoms with van der Waals surface area (Å²) in [5.74, 6) is 0. The second-order valence-electron chi connectivity index (χ2n) is 3.25. The molecular weight excluding hydrogens is 209 g/mol. The van der Waals surface area contributed by atoms with Crippen molar-refractivity contribution in [3.63, 3.8) is 0 Å². The molecule has 2 nitrogen and oxygen atoms in total. The van der Waals surface area contributed by atoms with Gasteiger partial charge in [0.1, 0.15) is 0 Å². The van der Waals surface area contributed by atoms with Gasteiger partial charge >= 0.3 is 0 Å². The van der Waals surface area contributed by atoms with Gasteiger partial charge in [0, 0.05) is 16.5 Å². The molecule has 1 aliphatic rings. The van der Waals surface area contributed by atoms with Gasteiger partial charge in [-0.05, 0) is 23.3 Å². The number of hydrogen-bond acceptors (Lipinski definition) is 2. The van der Waals surface area contributed by atoms with E-state index in [4.69, 9.17) is 28.9 Å². The van der Waals surface area contributed by atoms with Crippen LogP contribution in [0.1, 0.15) is 17.2 Å². The molecular formula is C9H9Cl2NO. The van der Waals surface area contributed by atoms with Gasteiger partial charge in [-0.1, -0.05) is 23.2 Å². The third-order valence-corrected chi connectivity index (χ3v) is 2.94. The molecule has 0 fully saturated rings. The predicted octanol–water partition coefficient (Wildman–Crippen LogP) is 1.91. The Balaban J connectivity index is 2.57. The lowest BCUT2D eigenvalue weighted by molar-refractivity contribution is 0.158. The third kappa shape index (κ3) is 1.44. The van der Waals surface area contributed by atoms with Crippen LogP contribution in [0.25, 0.3) is 0 Å². The molecule has 1 aromatic rings. The van der Waals surface area contributed by atoms with E-state index < -0.39 is 6.10 Å². The van der Waals surface area contributed by atoms with Crippen molar-refractivity contribution in [3.8, 4) is 0 Å². The number of halogens is 2. The minimum atomic E-state index is -0.536. The Morgan fingerprint density at radius 1 is 1.38 bits per heavy atom. The van der Waals surface area contributed by atoms with Gasteiger partial charge in [-0.25, -0.2) is 0 Å². The van der Waals surface area contributed by atoms with E-state index in [1.165, 1.54) is 0 Å². The summed E-state index contributed by atoms with van der Waals surface area (Å²) >= 11 is 11.8. The minimum absolute atomic E-state index is 0.355. The maximum Gasteiger partial charge on any atom is 0.0773 e. The first kappa shape index (κ1) is 9.28. The highest BCUT2D eigenvalue weighted by Crippen LogP contribution is 2.36. The fourth-order valence-electron chi connectivity index (χ4n) is 1.68.